The van der Waals surface area contributed by atoms with E-state index >= 15 is 0 Å². The largest absolute Gasteiger partial charge is 0.457 e. The number of unbranched alkanes of at least 4 members (excludes halogenated alkanes) is 8. The van der Waals surface area contributed by atoms with E-state index in [2.05, 4.69) is 26.6 Å². The molecule has 5 heteroatoms. The van der Waals surface area contributed by atoms with Gasteiger partial charge in [-0.3, -0.25) is 0 Å². The molecule has 1 unspecified atom stereocenters. The summed E-state index contributed by atoms with van der Waals surface area (Å²) in [5.74, 6) is -0.204. The minimum atomic E-state index is -1.74. The summed E-state index contributed by atoms with van der Waals surface area (Å²) in [6.45, 7) is 10.7. The maximum Gasteiger partial charge on any atom is 0.344 e. The lowest BCUT2D eigenvalue weighted by atomic mass is 9.93. The molecule has 2 saturated heterocycles. The Morgan fingerprint density at radius 1 is 1.04 bits per heavy atom. The maximum atomic E-state index is 12.3. The van der Waals surface area contributed by atoms with Crippen LogP contribution in [0, 0.1) is 0 Å². The van der Waals surface area contributed by atoms with Gasteiger partial charge in [0.1, 0.15) is 12.2 Å². The van der Waals surface area contributed by atoms with Crippen LogP contribution >= 0.6 is 0 Å². The van der Waals surface area contributed by atoms with Crippen molar-refractivity contribution in [3.05, 3.63) is 0 Å². The molecule has 0 spiro atoms. The fraction of sp³-hybridized carbons (Fsp3) is 0.950. The molecule has 2 fully saturated rings. The zero-order chi connectivity index (χ0) is 18.5. The number of carbonyl (C=O) groups excluding carboxylic acids is 1. The third-order valence-electron chi connectivity index (χ3n) is 5.27. The summed E-state index contributed by atoms with van der Waals surface area (Å²) in [5.41, 5.74) is -0.792. The van der Waals surface area contributed by atoms with Gasteiger partial charge in [-0.15, -0.1) is 0 Å². The number of hydrogen-bond donors (Lipinski definition) is 0. The van der Waals surface area contributed by atoms with Crippen molar-refractivity contribution in [3.8, 4) is 0 Å². The average Bonchev–Trinajstić information content (AvgIpc) is 3.22. The molecule has 2 rings (SSSR count). The highest BCUT2D eigenvalue weighted by Gasteiger charge is 2.75. The van der Waals surface area contributed by atoms with Gasteiger partial charge in [0.15, 0.2) is 8.32 Å². The molecule has 4 atom stereocenters. The number of carbonyl (C=O) groups is 1. The Kier molecular flexibility index (Phi) is 7.53. The van der Waals surface area contributed by atoms with Crippen molar-refractivity contribution in [1.29, 1.82) is 0 Å². The maximum absolute atomic E-state index is 12.3. The number of ether oxygens (including phenoxy) is 2. The highest BCUT2D eigenvalue weighted by atomic mass is 28.4. The summed E-state index contributed by atoms with van der Waals surface area (Å²) < 4.78 is 17.6. The van der Waals surface area contributed by atoms with Crippen molar-refractivity contribution in [1.82, 2.24) is 0 Å². The molecule has 2 heterocycles. The van der Waals surface area contributed by atoms with Crippen molar-refractivity contribution < 1.29 is 18.7 Å². The molecule has 2 aliphatic rings. The van der Waals surface area contributed by atoms with E-state index in [0.29, 0.717) is 0 Å². The van der Waals surface area contributed by atoms with Gasteiger partial charge >= 0.3 is 5.97 Å². The molecule has 0 saturated carbocycles. The Morgan fingerprint density at radius 3 is 2.04 bits per heavy atom. The molecular formula is C20H38O4Si. The molecule has 0 aliphatic carbocycles. The van der Waals surface area contributed by atoms with Gasteiger partial charge in [-0.25, -0.2) is 4.79 Å². The van der Waals surface area contributed by atoms with Gasteiger partial charge < -0.3 is 13.9 Å². The minimum absolute atomic E-state index is 0.0973. The van der Waals surface area contributed by atoms with Crippen LogP contribution in [0.15, 0.2) is 0 Å². The predicted molar refractivity (Wildman–Crippen MR) is 103 cm³/mol. The number of esters is 1. The van der Waals surface area contributed by atoms with Crippen LogP contribution in [0.2, 0.25) is 19.6 Å². The molecule has 0 aromatic rings. The Morgan fingerprint density at radius 2 is 1.60 bits per heavy atom. The first kappa shape index (κ1) is 20.9. The number of epoxide rings is 1. The highest BCUT2D eigenvalue weighted by molar-refractivity contribution is 6.69. The van der Waals surface area contributed by atoms with Crippen LogP contribution in [0.25, 0.3) is 0 Å². The Labute approximate surface area is 155 Å². The van der Waals surface area contributed by atoms with Crippen LogP contribution < -0.4 is 0 Å². The molecule has 0 bridgehead atoms. The summed E-state index contributed by atoms with van der Waals surface area (Å²) >= 11 is 0. The number of rotatable bonds is 13. The molecule has 4 nitrogen and oxygen atoms in total. The third-order valence-corrected chi connectivity index (χ3v) is 6.26. The van der Waals surface area contributed by atoms with Crippen molar-refractivity contribution in [2.45, 2.75) is 122 Å². The molecule has 146 valence electrons. The van der Waals surface area contributed by atoms with E-state index in [-0.39, 0.29) is 24.3 Å². The van der Waals surface area contributed by atoms with E-state index in [1.807, 2.05) is 6.92 Å². The number of fused-ring (bicyclic) bond motifs is 1. The number of cyclic esters (lactones) is 1. The quantitative estimate of drug-likeness (QED) is 0.193. The molecule has 0 aromatic carbocycles. The summed E-state index contributed by atoms with van der Waals surface area (Å²) in [6, 6.07) is 0. The first-order chi connectivity index (χ1) is 11.8. The van der Waals surface area contributed by atoms with E-state index in [1.54, 1.807) is 0 Å². The monoisotopic (exact) mass is 370 g/mol. The van der Waals surface area contributed by atoms with Crippen molar-refractivity contribution in [3.63, 3.8) is 0 Å². The zero-order valence-corrected chi connectivity index (χ0v) is 17.9. The van der Waals surface area contributed by atoms with Crippen LogP contribution in [0.5, 0.6) is 0 Å². The smallest absolute Gasteiger partial charge is 0.344 e. The van der Waals surface area contributed by atoms with E-state index < -0.39 is 13.9 Å². The summed E-state index contributed by atoms with van der Waals surface area (Å²) in [7, 11) is -1.74. The normalized spacial score (nSPS) is 29.4. The second-order valence-electron chi connectivity index (χ2n) is 8.78. The van der Waals surface area contributed by atoms with Crippen LogP contribution in [0.4, 0.5) is 0 Å². The molecule has 25 heavy (non-hydrogen) atoms. The van der Waals surface area contributed by atoms with Gasteiger partial charge in [0.25, 0.3) is 0 Å². The third kappa shape index (κ3) is 5.54. The molecule has 0 radical (unpaired) electrons. The van der Waals surface area contributed by atoms with Crippen molar-refractivity contribution in [2.75, 3.05) is 0 Å². The fourth-order valence-corrected chi connectivity index (χ4v) is 5.07. The van der Waals surface area contributed by atoms with E-state index in [1.165, 1.54) is 51.4 Å². The first-order valence-corrected chi connectivity index (χ1v) is 13.8. The molecule has 2 aliphatic heterocycles. The lowest BCUT2D eigenvalue weighted by molar-refractivity contribution is -0.156. The lowest BCUT2D eigenvalue weighted by Gasteiger charge is -2.28. The lowest BCUT2D eigenvalue weighted by Crippen LogP contribution is -2.45. The van der Waals surface area contributed by atoms with Gasteiger partial charge in [0.2, 0.25) is 5.60 Å². The standard InChI is InChI=1S/C20H38O4Si/c1-6-7-8-9-10-11-12-13-14-15-17(24-25(3,4)5)20-18(23-20)16(2)22-19(20)21/h16-18H,6-15H2,1-5H3/t16-,17?,18-,20-/m0/s1. The minimum Gasteiger partial charge on any atom is -0.457 e. The summed E-state index contributed by atoms with van der Waals surface area (Å²) in [5, 5.41) is 0. The average molecular weight is 371 g/mol. The second kappa shape index (κ2) is 9.00. The van der Waals surface area contributed by atoms with Gasteiger partial charge in [0.05, 0.1) is 6.10 Å². The Bertz CT molecular complexity index is 434. The fourth-order valence-electron chi connectivity index (χ4n) is 3.93. The van der Waals surface area contributed by atoms with Crippen molar-refractivity contribution >= 4 is 14.3 Å². The van der Waals surface area contributed by atoms with Gasteiger partial charge in [-0.05, 0) is 33.0 Å². The summed E-state index contributed by atoms with van der Waals surface area (Å²) in [4.78, 5) is 12.3. The molecule has 0 aromatic heterocycles. The van der Waals surface area contributed by atoms with E-state index in [0.717, 1.165) is 12.8 Å². The van der Waals surface area contributed by atoms with Crippen LogP contribution in [0.1, 0.15) is 78.1 Å². The van der Waals surface area contributed by atoms with E-state index in [4.69, 9.17) is 13.9 Å². The second-order valence-corrected chi connectivity index (χ2v) is 13.2. The van der Waals surface area contributed by atoms with Crippen LogP contribution in [-0.4, -0.2) is 38.2 Å². The molecule has 0 amide bonds. The Balaban J connectivity index is 1.73. The van der Waals surface area contributed by atoms with Crippen LogP contribution in [-0.2, 0) is 18.7 Å². The highest BCUT2D eigenvalue weighted by Crippen LogP contribution is 2.51. The summed E-state index contributed by atoms with van der Waals surface area (Å²) in [6.07, 6.45) is 12.2. The van der Waals surface area contributed by atoms with E-state index in [9.17, 15) is 4.79 Å². The Hall–Kier alpha value is -0.393. The first-order valence-electron chi connectivity index (χ1n) is 10.4. The van der Waals surface area contributed by atoms with Crippen LogP contribution in [0.3, 0.4) is 0 Å². The van der Waals surface area contributed by atoms with Gasteiger partial charge in [0, 0.05) is 0 Å². The van der Waals surface area contributed by atoms with Gasteiger partial charge in [-0.1, -0.05) is 64.7 Å². The zero-order valence-electron chi connectivity index (χ0n) is 16.9. The van der Waals surface area contributed by atoms with Crippen molar-refractivity contribution in [2.24, 2.45) is 0 Å². The predicted octanol–water partition coefficient (Wildman–Crippen LogP) is 5.21. The SMILES string of the molecule is CCCCCCCCCCCC(O[Si](C)(C)C)[C@]12O[C@H]1[C@H](C)OC2=O. The molecule has 0 N–H and O–H groups in total. The topological polar surface area (TPSA) is 48.1 Å². The molecular weight excluding hydrogens is 332 g/mol. The van der Waals surface area contributed by atoms with Gasteiger partial charge in [-0.2, -0.15) is 0 Å². The number of hydrogen-bond acceptors (Lipinski definition) is 4.